The highest BCUT2D eigenvalue weighted by Crippen LogP contribution is 2.18. The first-order valence-electron chi connectivity index (χ1n) is 7.81. The van der Waals surface area contributed by atoms with Gasteiger partial charge in [0, 0.05) is 5.02 Å². The SMILES string of the molecule is CCc1ccc([C@@H](C)NC(=O)[C@H](C)Oc2ccc(Cl)cc2)cc1. The molecule has 1 amide bonds. The summed E-state index contributed by atoms with van der Waals surface area (Å²) in [6, 6.07) is 15.2. The molecule has 0 aliphatic rings. The second-order valence-corrected chi connectivity index (χ2v) is 5.98. The van der Waals surface area contributed by atoms with Crippen molar-refractivity contribution in [1.82, 2.24) is 5.32 Å². The smallest absolute Gasteiger partial charge is 0.261 e. The summed E-state index contributed by atoms with van der Waals surface area (Å²) in [7, 11) is 0. The number of ether oxygens (including phenoxy) is 1. The third-order valence-corrected chi connectivity index (χ3v) is 3.99. The fraction of sp³-hybridized carbons (Fsp3) is 0.316. The van der Waals surface area contributed by atoms with Crippen molar-refractivity contribution in [3.05, 3.63) is 64.7 Å². The highest BCUT2D eigenvalue weighted by Gasteiger charge is 2.17. The molecule has 0 saturated heterocycles. The minimum Gasteiger partial charge on any atom is -0.481 e. The summed E-state index contributed by atoms with van der Waals surface area (Å²) in [6.45, 7) is 5.82. The van der Waals surface area contributed by atoms with Crippen LogP contribution in [0.4, 0.5) is 0 Å². The molecule has 0 aliphatic carbocycles. The van der Waals surface area contributed by atoms with Gasteiger partial charge in [0.05, 0.1) is 6.04 Å². The largest absolute Gasteiger partial charge is 0.481 e. The average Bonchev–Trinajstić information content (AvgIpc) is 2.56. The molecule has 23 heavy (non-hydrogen) atoms. The van der Waals surface area contributed by atoms with Crippen molar-refractivity contribution in [3.63, 3.8) is 0 Å². The van der Waals surface area contributed by atoms with E-state index in [0.29, 0.717) is 10.8 Å². The van der Waals surface area contributed by atoms with Gasteiger partial charge in [-0.05, 0) is 55.7 Å². The quantitative estimate of drug-likeness (QED) is 0.843. The molecule has 2 aromatic rings. The topological polar surface area (TPSA) is 38.3 Å². The number of aryl methyl sites for hydroxylation is 1. The van der Waals surface area contributed by atoms with Crippen molar-refractivity contribution in [2.75, 3.05) is 0 Å². The van der Waals surface area contributed by atoms with E-state index in [4.69, 9.17) is 16.3 Å². The lowest BCUT2D eigenvalue weighted by atomic mass is 10.0. The number of hydrogen-bond acceptors (Lipinski definition) is 2. The maximum atomic E-state index is 12.3. The Hall–Kier alpha value is -2.00. The summed E-state index contributed by atoms with van der Waals surface area (Å²) in [5.41, 5.74) is 2.36. The average molecular weight is 332 g/mol. The second-order valence-electron chi connectivity index (χ2n) is 5.54. The van der Waals surface area contributed by atoms with Crippen molar-refractivity contribution >= 4 is 17.5 Å². The molecule has 0 heterocycles. The number of halogens is 1. The highest BCUT2D eigenvalue weighted by molar-refractivity contribution is 6.30. The molecule has 2 aromatic carbocycles. The van der Waals surface area contributed by atoms with Crippen LogP contribution in [-0.4, -0.2) is 12.0 Å². The monoisotopic (exact) mass is 331 g/mol. The molecule has 0 saturated carbocycles. The minimum atomic E-state index is -0.575. The molecule has 122 valence electrons. The van der Waals surface area contributed by atoms with Crippen LogP contribution in [0.2, 0.25) is 5.02 Å². The zero-order chi connectivity index (χ0) is 16.8. The number of carbonyl (C=O) groups is 1. The maximum absolute atomic E-state index is 12.3. The van der Waals surface area contributed by atoms with Crippen LogP contribution in [0.15, 0.2) is 48.5 Å². The molecule has 3 nitrogen and oxygen atoms in total. The molecule has 0 unspecified atom stereocenters. The predicted octanol–water partition coefficient (Wildman–Crippen LogP) is 4.55. The molecular weight excluding hydrogens is 310 g/mol. The second kappa shape index (κ2) is 8.02. The van der Waals surface area contributed by atoms with Gasteiger partial charge in [-0.1, -0.05) is 42.8 Å². The first-order chi connectivity index (χ1) is 11.0. The van der Waals surface area contributed by atoms with Gasteiger partial charge in [0.15, 0.2) is 6.10 Å². The number of benzene rings is 2. The Balaban J connectivity index is 1.92. The van der Waals surface area contributed by atoms with Gasteiger partial charge in [0.2, 0.25) is 0 Å². The predicted molar refractivity (Wildman–Crippen MR) is 93.9 cm³/mol. The fourth-order valence-electron chi connectivity index (χ4n) is 2.23. The third kappa shape index (κ3) is 5.00. The molecule has 0 aromatic heterocycles. The van der Waals surface area contributed by atoms with E-state index in [9.17, 15) is 4.79 Å². The minimum absolute atomic E-state index is 0.0651. The van der Waals surface area contributed by atoms with Gasteiger partial charge in [-0.25, -0.2) is 0 Å². The Morgan fingerprint density at radius 3 is 2.26 bits per heavy atom. The summed E-state index contributed by atoms with van der Waals surface area (Å²) in [6.07, 6.45) is 0.432. The van der Waals surface area contributed by atoms with E-state index >= 15 is 0 Å². The fourth-order valence-corrected chi connectivity index (χ4v) is 2.35. The highest BCUT2D eigenvalue weighted by atomic mass is 35.5. The Labute approximate surface area is 142 Å². The van der Waals surface area contributed by atoms with E-state index in [1.54, 1.807) is 31.2 Å². The number of amides is 1. The summed E-state index contributed by atoms with van der Waals surface area (Å²) in [4.78, 5) is 12.3. The lowest BCUT2D eigenvalue weighted by Crippen LogP contribution is -2.37. The lowest BCUT2D eigenvalue weighted by molar-refractivity contribution is -0.127. The number of rotatable bonds is 6. The molecule has 0 fully saturated rings. The van der Waals surface area contributed by atoms with Crippen LogP contribution in [0, 0.1) is 0 Å². The van der Waals surface area contributed by atoms with Crippen molar-refractivity contribution in [1.29, 1.82) is 0 Å². The van der Waals surface area contributed by atoms with Gasteiger partial charge < -0.3 is 10.1 Å². The normalized spacial score (nSPS) is 13.2. The molecule has 0 bridgehead atoms. The lowest BCUT2D eigenvalue weighted by Gasteiger charge is -2.19. The standard InChI is InChI=1S/C19H22ClNO2/c1-4-15-5-7-16(8-6-15)13(2)21-19(22)14(3)23-18-11-9-17(20)10-12-18/h5-14H,4H2,1-3H3,(H,21,22)/t13-,14+/m1/s1. The van der Waals surface area contributed by atoms with Crippen LogP contribution in [0.1, 0.15) is 37.9 Å². The van der Waals surface area contributed by atoms with Crippen LogP contribution in [0.3, 0.4) is 0 Å². The molecule has 4 heteroatoms. The Morgan fingerprint density at radius 1 is 1.09 bits per heavy atom. The maximum Gasteiger partial charge on any atom is 0.261 e. The van der Waals surface area contributed by atoms with E-state index in [-0.39, 0.29) is 11.9 Å². The molecule has 0 aliphatic heterocycles. The van der Waals surface area contributed by atoms with Crippen LogP contribution in [0.5, 0.6) is 5.75 Å². The third-order valence-electron chi connectivity index (χ3n) is 3.74. The summed E-state index contributed by atoms with van der Waals surface area (Å²) in [5.74, 6) is 0.476. The van der Waals surface area contributed by atoms with Crippen LogP contribution in [0.25, 0.3) is 0 Å². The van der Waals surface area contributed by atoms with Crippen LogP contribution in [-0.2, 0) is 11.2 Å². The zero-order valence-corrected chi connectivity index (χ0v) is 14.4. The van der Waals surface area contributed by atoms with Gasteiger partial charge in [-0.3, -0.25) is 4.79 Å². The van der Waals surface area contributed by atoms with Gasteiger partial charge in [-0.2, -0.15) is 0 Å². The summed E-state index contributed by atoms with van der Waals surface area (Å²) >= 11 is 5.83. The first-order valence-corrected chi connectivity index (χ1v) is 8.19. The molecular formula is C19H22ClNO2. The van der Waals surface area contributed by atoms with Crippen molar-refractivity contribution < 1.29 is 9.53 Å². The van der Waals surface area contributed by atoms with Crippen LogP contribution < -0.4 is 10.1 Å². The number of carbonyl (C=O) groups excluding carboxylic acids is 1. The van der Waals surface area contributed by atoms with Crippen molar-refractivity contribution in [3.8, 4) is 5.75 Å². The molecule has 0 spiro atoms. The number of hydrogen-bond donors (Lipinski definition) is 1. The van der Waals surface area contributed by atoms with Gasteiger partial charge in [-0.15, -0.1) is 0 Å². The Kier molecular flexibility index (Phi) is 6.05. The van der Waals surface area contributed by atoms with E-state index in [2.05, 4.69) is 36.5 Å². The van der Waals surface area contributed by atoms with E-state index < -0.39 is 6.10 Å². The van der Waals surface area contributed by atoms with Gasteiger partial charge in [0.1, 0.15) is 5.75 Å². The Bertz CT molecular complexity index is 637. The molecule has 2 rings (SSSR count). The van der Waals surface area contributed by atoms with E-state index in [1.165, 1.54) is 5.56 Å². The van der Waals surface area contributed by atoms with Crippen LogP contribution >= 0.6 is 11.6 Å². The van der Waals surface area contributed by atoms with E-state index in [0.717, 1.165) is 12.0 Å². The summed E-state index contributed by atoms with van der Waals surface area (Å²) < 4.78 is 5.63. The van der Waals surface area contributed by atoms with Crippen molar-refractivity contribution in [2.45, 2.75) is 39.3 Å². The Morgan fingerprint density at radius 2 is 1.70 bits per heavy atom. The zero-order valence-electron chi connectivity index (χ0n) is 13.7. The molecule has 0 radical (unpaired) electrons. The van der Waals surface area contributed by atoms with Gasteiger partial charge >= 0.3 is 0 Å². The molecule has 1 N–H and O–H groups in total. The first kappa shape index (κ1) is 17.4. The summed E-state index contributed by atoms with van der Waals surface area (Å²) in [5, 5.41) is 3.61. The molecule has 2 atom stereocenters. The van der Waals surface area contributed by atoms with Gasteiger partial charge in [0.25, 0.3) is 5.91 Å². The van der Waals surface area contributed by atoms with E-state index in [1.807, 2.05) is 6.92 Å². The number of nitrogens with one attached hydrogen (secondary N) is 1. The van der Waals surface area contributed by atoms with Crippen molar-refractivity contribution in [2.24, 2.45) is 0 Å².